The summed E-state index contributed by atoms with van der Waals surface area (Å²) in [6.07, 6.45) is 1.44. The summed E-state index contributed by atoms with van der Waals surface area (Å²) in [4.78, 5) is 17.4. The second-order valence-electron chi connectivity index (χ2n) is 6.51. The van der Waals surface area contributed by atoms with Gasteiger partial charge in [-0.25, -0.2) is 4.68 Å². The molecule has 144 valence electrons. The summed E-state index contributed by atoms with van der Waals surface area (Å²) in [5, 5.41) is 19.4. The Morgan fingerprint density at radius 2 is 1.93 bits per heavy atom. The van der Waals surface area contributed by atoms with Gasteiger partial charge in [0.25, 0.3) is 5.91 Å². The summed E-state index contributed by atoms with van der Waals surface area (Å²) in [5.41, 5.74) is 3.23. The third kappa shape index (κ3) is 3.41. The first kappa shape index (κ1) is 18.3. The molecule has 0 spiro atoms. The molecule has 2 heterocycles. The van der Waals surface area contributed by atoms with Gasteiger partial charge in [0.2, 0.25) is 5.95 Å². The Labute approximate surface area is 167 Å². The number of hydrogen-bond donors (Lipinski definition) is 2. The van der Waals surface area contributed by atoms with Crippen molar-refractivity contribution in [3.05, 3.63) is 77.3 Å². The van der Waals surface area contributed by atoms with E-state index in [0.29, 0.717) is 34.2 Å². The van der Waals surface area contributed by atoms with Crippen LogP contribution >= 0.6 is 0 Å². The number of carbonyl (C=O) groups excluding carboxylic acids is 1. The molecule has 1 atom stereocenters. The fraction of sp³-hybridized carbons (Fsp3) is 0.143. The van der Waals surface area contributed by atoms with Gasteiger partial charge in [0, 0.05) is 11.4 Å². The number of nitrogens with zero attached hydrogens (tertiary/aromatic N) is 4. The van der Waals surface area contributed by atoms with E-state index in [2.05, 4.69) is 26.8 Å². The summed E-state index contributed by atoms with van der Waals surface area (Å²) in [5.74, 6) is 1.01. The highest BCUT2D eigenvalue weighted by molar-refractivity contribution is 6.06. The lowest BCUT2D eigenvalue weighted by Crippen LogP contribution is -2.31. The minimum absolute atomic E-state index is 0.254. The molecule has 0 saturated heterocycles. The van der Waals surface area contributed by atoms with Crippen LogP contribution in [0.1, 0.15) is 24.1 Å². The minimum atomic E-state index is -0.472. The van der Waals surface area contributed by atoms with Crippen LogP contribution in [0.25, 0.3) is 0 Å². The number of amides is 1. The van der Waals surface area contributed by atoms with Crippen LogP contribution in [0.2, 0.25) is 0 Å². The van der Waals surface area contributed by atoms with E-state index in [9.17, 15) is 4.79 Å². The Morgan fingerprint density at radius 3 is 2.59 bits per heavy atom. The lowest BCUT2D eigenvalue weighted by atomic mass is 9.94. The third-order valence-electron chi connectivity index (χ3n) is 4.74. The predicted molar refractivity (Wildman–Crippen MR) is 107 cm³/mol. The second kappa shape index (κ2) is 7.48. The Kier molecular flexibility index (Phi) is 4.71. The average Bonchev–Trinajstić information content (AvgIpc) is 3.21. The van der Waals surface area contributed by atoms with Gasteiger partial charge in [-0.3, -0.25) is 4.79 Å². The topological polar surface area (TPSA) is 105 Å². The zero-order valence-electron chi connectivity index (χ0n) is 15.9. The molecular weight excluding hydrogens is 368 g/mol. The molecule has 1 amide bonds. The summed E-state index contributed by atoms with van der Waals surface area (Å²) < 4.78 is 6.82. The fourth-order valence-corrected chi connectivity index (χ4v) is 3.31. The lowest BCUT2D eigenvalue weighted by Gasteiger charge is -2.28. The first-order valence-corrected chi connectivity index (χ1v) is 8.93. The van der Waals surface area contributed by atoms with E-state index in [-0.39, 0.29) is 5.91 Å². The number of nitriles is 1. The maximum Gasteiger partial charge on any atom is 0.255 e. The van der Waals surface area contributed by atoms with Crippen molar-refractivity contribution >= 4 is 17.5 Å². The van der Waals surface area contributed by atoms with Gasteiger partial charge in [-0.15, -0.1) is 0 Å². The van der Waals surface area contributed by atoms with Gasteiger partial charge in [0.15, 0.2) is 0 Å². The van der Waals surface area contributed by atoms with Gasteiger partial charge >= 0.3 is 0 Å². The van der Waals surface area contributed by atoms with Crippen LogP contribution in [0.4, 0.5) is 11.6 Å². The Hall–Kier alpha value is -4.12. The van der Waals surface area contributed by atoms with E-state index >= 15 is 0 Å². The van der Waals surface area contributed by atoms with E-state index in [1.165, 1.54) is 6.33 Å². The van der Waals surface area contributed by atoms with Crippen LogP contribution in [0.3, 0.4) is 0 Å². The van der Waals surface area contributed by atoms with E-state index in [1.807, 2.05) is 19.1 Å². The maximum atomic E-state index is 13.2. The van der Waals surface area contributed by atoms with Crippen LogP contribution in [0, 0.1) is 11.3 Å². The average molecular weight is 386 g/mol. The molecule has 1 aliphatic rings. The van der Waals surface area contributed by atoms with Gasteiger partial charge in [-0.1, -0.05) is 12.1 Å². The lowest BCUT2D eigenvalue weighted by molar-refractivity contribution is -0.113. The number of carbonyl (C=O) groups is 1. The standard InChI is InChI=1S/C21H18N6O2/c1-13-18(20(28)26-16-7-9-17(29-2)10-8-16)19(27-21(25-13)23-12-24-27)15-5-3-14(11-22)4-6-15/h3-10,12,19H,1-2H3,(H,26,28)(H,23,24,25). The van der Waals surface area contributed by atoms with Gasteiger partial charge in [-0.05, 0) is 48.9 Å². The summed E-state index contributed by atoms with van der Waals surface area (Å²) in [7, 11) is 1.59. The van der Waals surface area contributed by atoms with Crippen molar-refractivity contribution in [1.29, 1.82) is 5.26 Å². The van der Waals surface area contributed by atoms with E-state index in [1.54, 1.807) is 48.2 Å². The maximum absolute atomic E-state index is 13.2. The minimum Gasteiger partial charge on any atom is -0.497 e. The van der Waals surface area contributed by atoms with Crippen molar-refractivity contribution in [3.8, 4) is 11.8 Å². The highest BCUT2D eigenvalue weighted by Crippen LogP contribution is 2.35. The second-order valence-corrected chi connectivity index (χ2v) is 6.51. The van der Waals surface area contributed by atoms with E-state index in [4.69, 9.17) is 10.00 Å². The van der Waals surface area contributed by atoms with Gasteiger partial charge in [0.05, 0.1) is 24.3 Å². The van der Waals surface area contributed by atoms with Crippen molar-refractivity contribution in [2.45, 2.75) is 13.0 Å². The number of rotatable bonds is 4. The SMILES string of the molecule is COc1ccc(NC(=O)C2=C(C)Nc3ncnn3C2c2ccc(C#N)cc2)cc1. The van der Waals surface area contributed by atoms with Crippen molar-refractivity contribution < 1.29 is 9.53 Å². The van der Waals surface area contributed by atoms with E-state index in [0.717, 1.165) is 5.56 Å². The number of fused-ring (bicyclic) bond motifs is 1. The highest BCUT2D eigenvalue weighted by atomic mass is 16.5. The number of ether oxygens (including phenoxy) is 1. The molecule has 2 aromatic carbocycles. The van der Waals surface area contributed by atoms with Crippen molar-refractivity contribution in [2.75, 3.05) is 17.7 Å². The molecule has 8 heteroatoms. The Balaban J connectivity index is 1.71. The quantitative estimate of drug-likeness (QED) is 0.714. The molecular formula is C21H18N6O2. The molecule has 0 radical (unpaired) electrons. The summed E-state index contributed by atoms with van der Waals surface area (Å²) in [6.45, 7) is 1.83. The smallest absolute Gasteiger partial charge is 0.255 e. The van der Waals surface area contributed by atoms with Crippen LogP contribution in [0.15, 0.2) is 66.1 Å². The van der Waals surface area contributed by atoms with Crippen molar-refractivity contribution in [1.82, 2.24) is 14.8 Å². The molecule has 1 aromatic heterocycles. The molecule has 3 aromatic rings. The van der Waals surface area contributed by atoms with Gasteiger partial charge in [-0.2, -0.15) is 15.3 Å². The third-order valence-corrected chi connectivity index (χ3v) is 4.74. The van der Waals surface area contributed by atoms with Crippen LogP contribution in [-0.2, 0) is 4.79 Å². The number of nitrogens with one attached hydrogen (secondary N) is 2. The first-order valence-electron chi connectivity index (χ1n) is 8.93. The Morgan fingerprint density at radius 1 is 1.21 bits per heavy atom. The Bertz CT molecular complexity index is 1120. The molecule has 0 aliphatic carbocycles. The van der Waals surface area contributed by atoms with Crippen LogP contribution in [0.5, 0.6) is 5.75 Å². The first-order chi connectivity index (χ1) is 14.1. The summed E-state index contributed by atoms with van der Waals surface area (Å²) in [6, 6.07) is 15.9. The number of hydrogen-bond acceptors (Lipinski definition) is 6. The molecule has 29 heavy (non-hydrogen) atoms. The van der Waals surface area contributed by atoms with Crippen molar-refractivity contribution in [3.63, 3.8) is 0 Å². The number of methoxy groups -OCH3 is 1. The van der Waals surface area contributed by atoms with E-state index < -0.39 is 6.04 Å². The predicted octanol–water partition coefficient (Wildman–Crippen LogP) is 3.09. The summed E-state index contributed by atoms with van der Waals surface area (Å²) >= 11 is 0. The number of benzene rings is 2. The molecule has 4 rings (SSSR count). The number of aromatic nitrogens is 3. The monoisotopic (exact) mass is 386 g/mol. The molecule has 1 aliphatic heterocycles. The van der Waals surface area contributed by atoms with Crippen LogP contribution < -0.4 is 15.4 Å². The zero-order valence-corrected chi connectivity index (χ0v) is 15.9. The molecule has 0 saturated carbocycles. The molecule has 1 unspecified atom stereocenters. The molecule has 0 fully saturated rings. The van der Waals surface area contributed by atoms with Crippen molar-refractivity contribution in [2.24, 2.45) is 0 Å². The molecule has 0 bridgehead atoms. The molecule has 2 N–H and O–H groups in total. The van der Waals surface area contributed by atoms with Gasteiger partial charge < -0.3 is 15.4 Å². The number of anilines is 2. The number of allylic oxidation sites excluding steroid dienone is 1. The van der Waals surface area contributed by atoms with Crippen LogP contribution in [-0.4, -0.2) is 27.8 Å². The zero-order chi connectivity index (χ0) is 20.4. The highest BCUT2D eigenvalue weighted by Gasteiger charge is 2.33. The molecule has 8 nitrogen and oxygen atoms in total. The fourth-order valence-electron chi connectivity index (χ4n) is 3.31. The normalized spacial score (nSPS) is 15.1. The largest absolute Gasteiger partial charge is 0.497 e. The van der Waals surface area contributed by atoms with Gasteiger partial charge in [0.1, 0.15) is 18.1 Å².